The molecule has 5 aromatic carbocycles. The molecule has 0 aromatic heterocycles. The molecule has 0 N–H and O–H groups in total. The van der Waals surface area contributed by atoms with Gasteiger partial charge in [0.05, 0.1) is 22.6 Å². The van der Waals surface area contributed by atoms with Crippen molar-refractivity contribution in [1.29, 1.82) is 0 Å². The first-order chi connectivity index (χ1) is 19.6. The van der Waals surface area contributed by atoms with Gasteiger partial charge in [-0.3, -0.25) is 10.0 Å². The van der Waals surface area contributed by atoms with Crippen LogP contribution < -0.4 is 14.8 Å². The molecule has 5 heteroatoms. The van der Waals surface area contributed by atoms with Crippen molar-refractivity contribution in [2.75, 3.05) is 16.6 Å². The van der Waals surface area contributed by atoms with E-state index < -0.39 is 5.60 Å². The molecule has 1 unspecified atom stereocenters. The van der Waals surface area contributed by atoms with E-state index >= 15 is 0 Å². The van der Waals surface area contributed by atoms with Crippen molar-refractivity contribution in [3.63, 3.8) is 0 Å². The number of aryl methyl sites for hydroxylation is 1. The van der Waals surface area contributed by atoms with Crippen LogP contribution in [0.1, 0.15) is 39.5 Å². The van der Waals surface area contributed by atoms with Crippen LogP contribution in [0.3, 0.4) is 0 Å². The summed E-state index contributed by atoms with van der Waals surface area (Å²) in [6, 6.07) is 40.4. The summed E-state index contributed by atoms with van der Waals surface area (Å²) >= 11 is 0. The van der Waals surface area contributed by atoms with Crippen molar-refractivity contribution in [2.45, 2.75) is 19.4 Å². The van der Waals surface area contributed by atoms with Gasteiger partial charge in [0.2, 0.25) is 0 Å². The lowest BCUT2D eigenvalue weighted by Gasteiger charge is -2.40. The molecule has 0 aliphatic carbocycles. The molecule has 1 spiro atoms. The van der Waals surface area contributed by atoms with Crippen molar-refractivity contribution in [2.24, 2.45) is 0 Å². The van der Waals surface area contributed by atoms with Crippen LogP contribution in [0.25, 0.3) is 0 Å². The molecule has 0 saturated carbocycles. The fraction of sp³-hybridized carbons (Fsp3) is 0.114. The molecule has 40 heavy (non-hydrogen) atoms. The highest BCUT2D eigenvalue weighted by Crippen LogP contribution is 2.56. The minimum Gasteiger partial charge on any atom is -0.456 e. The molecule has 7 rings (SSSR count). The Bertz CT molecular complexity index is 1730. The van der Waals surface area contributed by atoms with E-state index in [-0.39, 0.29) is 5.97 Å². The number of carbonyl (C=O) groups is 1. The number of ether oxygens (including phenoxy) is 2. The summed E-state index contributed by atoms with van der Waals surface area (Å²) in [5.74, 6) is 1.01. The largest absolute Gasteiger partial charge is 0.456 e. The lowest BCUT2D eigenvalue weighted by molar-refractivity contribution is 0.0224. The summed E-state index contributed by atoms with van der Waals surface area (Å²) in [5, 5.41) is 4.46. The van der Waals surface area contributed by atoms with Gasteiger partial charge in [0.15, 0.2) is 5.60 Å². The third-order valence-electron chi connectivity index (χ3n) is 7.72. The molecule has 1 atom stereocenters. The predicted octanol–water partition coefficient (Wildman–Crippen LogP) is 8.14. The summed E-state index contributed by atoms with van der Waals surface area (Å²) in [7, 11) is 0. The first-order valence-electron chi connectivity index (χ1n) is 13.5. The number of para-hydroxylation sites is 2. The number of hydrogen-bond donors (Lipinski definition) is 0. The third kappa shape index (κ3) is 3.58. The maximum Gasteiger partial charge on any atom is 0.340 e. The highest BCUT2D eigenvalue weighted by Gasteiger charge is 2.53. The minimum absolute atomic E-state index is 0.335. The van der Waals surface area contributed by atoms with Crippen molar-refractivity contribution < 1.29 is 14.3 Å². The van der Waals surface area contributed by atoms with Crippen molar-refractivity contribution in [3.8, 4) is 11.5 Å². The number of carbonyl (C=O) groups excluding carboxylic acids is 1. The van der Waals surface area contributed by atoms with Crippen LogP contribution in [-0.4, -0.2) is 12.5 Å². The van der Waals surface area contributed by atoms with Crippen LogP contribution in [0.15, 0.2) is 121 Å². The number of fused-ring (bicyclic) bond motifs is 6. The molecular formula is C35H28N2O3. The van der Waals surface area contributed by atoms with Gasteiger partial charge in [-0.1, -0.05) is 72.3 Å². The van der Waals surface area contributed by atoms with E-state index in [0.717, 1.165) is 40.3 Å². The molecule has 5 aromatic rings. The van der Waals surface area contributed by atoms with Crippen LogP contribution in [0.5, 0.6) is 11.5 Å². The maximum absolute atomic E-state index is 13.3. The van der Waals surface area contributed by atoms with Crippen LogP contribution in [0.2, 0.25) is 0 Å². The van der Waals surface area contributed by atoms with Gasteiger partial charge in [0.25, 0.3) is 0 Å². The molecule has 2 aliphatic rings. The molecule has 0 radical (unpaired) electrons. The van der Waals surface area contributed by atoms with E-state index in [0.29, 0.717) is 17.1 Å². The summed E-state index contributed by atoms with van der Waals surface area (Å²) < 4.78 is 12.8. The molecule has 0 bridgehead atoms. The van der Waals surface area contributed by atoms with Gasteiger partial charge in [0.1, 0.15) is 11.5 Å². The summed E-state index contributed by atoms with van der Waals surface area (Å²) in [6.07, 6.45) is 0. The van der Waals surface area contributed by atoms with Crippen LogP contribution >= 0.6 is 0 Å². The van der Waals surface area contributed by atoms with Crippen LogP contribution in [-0.2, 0) is 10.3 Å². The molecule has 0 amide bonds. The predicted molar refractivity (Wildman–Crippen MR) is 157 cm³/mol. The van der Waals surface area contributed by atoms with E-state index in [1.54, 1.807) is 0 Å². The fourth-order valence-electron chi connectivity index (χ4n) is 5.89. The first-order valence-corrected chi connectivity index (χ1v) is 13.5. The highest BCUT2D eigenvalue weighted by molar-refractivity contribution is 5.97. The number of benzene rings is 5. The van der Waals surface area contributed by atoms with E-state index in [9.17, 15) is 4.79 Å². The molecule has 2 aliphatic heterocycles. The maximum atomic E-state index is 13.3. The van der Waals surface area contributed by atoms with E-state index in [1.165, 1.54) is 5.56 Å². The average molecular weight is 525 g/mol. The minimum atomic E-state index is -1.11. The SMILES string of the molecule is CCN(c1ccc(C)cc1)N(c1ccccc1)c1ccc2c(c1)C1(OC(=O)c3ccccc31)c1ccccc1O2. The zero-order chi connectivity index (χ0) is 27.3. The standard InChI is InChI=1S/C35H28N2O3/c1-3-36(25-19-17-24(2)18-20-25)37(26-11-5-4-6-12-26)27-21-22-33-31(23-27)35(30-15-9-10-16-32(30)39-33)29-14-8-7-13-28(29)34(38)40-35/h4-23H,3H2,1-2H3. The Balaban J connectivity index is 1.46. The number of esters is 1. The van der Waals surface area contributed by atoms with Gasteiger partial charge in [-0.2, -0.15) is 0 Å². The van der Waals surface area contributed by atoms with Crippen LogP contribution in [0.4, 0.5) is 17.1 Å². The monoisotopic (exact) mass is 524 g/mol. The lowest BCUT2D eigenvalue weighted by Crippen LogP contribution is -2.40. The number of hydrazine groups is 1. The molecule has 0 saturated heterocycles. The second-order valence-corrected chi connectivity index (χ2v) is 10.1. The van der Waals surface area contributed by atoms with E-state index in [2.05, 4.69) is 72.4 Å². The molecule has 2 heterocycles. The second-order valence-electron chi connectivity index (χ2n) is 10.1. The summed E-state index contributed by atoms with van der Waals surface area (Å²) in [4.78, 5) is 13.3. The Morgan fingerprint density at radius 3 is 2.08 bits per heavy atom. The second kappa shape index (κ2) is 9.31. The number of rotatable bonds is 5. The molecule has 0 fully saturated rings. The zero-order valence-corrected chi connectivity index (χ0v) is 22.4. The summed E-state index contributed by atoms with van der Waals surface area (Å²) in [5.41, 5.74) is 6.12. The van der Waals surface area contributed by atoms with Crippen molar-refractivity contribution in [1.82, 2.24) is 0 Å². The topological polar surface area (TPSA) is 42.0 Å². The number of anilines is 3. The summed E-state index contributed by atoms with van der Waals surface area (Å²) in [6.45, 7) is 4.97. The first kappa shape index (κ1) is 24.0. The van der Waals surface area contributed by atoms with Gasteiger partial charge < -0.3 is 9.47 Å². The highest BCUT2D eigenvalue weighted by atomic mass is 16.6. The van der Waals surface area contributed by atoms with Crippen molar-refractivity contribution in [3.05, 3.63) is 149 Å². The smallest absolute Gasteiger partial charge is 0.340 e. The average Bonchev–Trinajstić information content (AvgIpc) is 3.30. The van der Waals surface area contributed by atoms with E-state index in [1.807, 2.05) is 72.8 Å². The Labute approximate surface area is 233 Å². The number of nitrogens with zero attached hydrogens (tertiary/aromatic N) is 2. The Kier molecular flexibility index (Phi) is 5.60. The third-order valence-corrected chi connectivity index (χ3v) is 7.72. The Morgan fingerprint density at radius 1 is 0.650 bits per heavy atom. The Morgan fingerprint density at radius 2 is 1.30 bits per heavy atom. The molecular weight excluding hydrogens is 496 g/mol. The van der Waals surface area contributed by atoms with Gasteiger partial charge in [0, 0.05) is 23.2 Å². The Hall–Kier alpha value is -5.03. The van der Waals surface area contributed by atoms with Gasteiger partial charge in [-0.15, -0.1) is 0 Å². The van der Waals surface area contributed by atoms with Gasteiger partial charge in [-0.05, 0) is 68.4 Å². The lowest BCUT2D eigenvalue weighted by atomic mass is 9.77. The van der Waals surface area contributed by atoms with Crippen LogP contribution in [0, 0.1) is 6.92 Å². The molecule has 5 nitrogen and oxygen atoms in total. The van der Waals surface area contributed by atoms with E-state index in [4.69, 9.17) is 9.47 Å². The number of hydrogen-bond acceptors (Lipinski definition) is 5. The van der Waals surface area contributed by atoms with Gasteiger partial charge in [-0.25, -0.2) is 4.79 Å². The fourth-order valence-corrected chi connectivity index (χ4v) is 5.89. The molecule has 196 valence electrons. The quantitative estimate of drug-likeness (QED) is 0.171. The normalized spacial score (nSPS) is 16.4. The van der Waals surface area contributed by atoms with Gasteiger partial charge >= 0.3 is 5.97 Å². The zero-order valence-electron chi connectivity index (χ0n) is 22.4. The van der Waals surface area contributed by atoms with Crippen molar-refractivity contribution >= 4 is 23.0 Å².